The van der Waals surface area contributed by atoms with Crippen molar-refractivity contribution in [3.05, 3.63) is 96.1 Å². The van der Waals surface area contributed by atoms with Crippen molar-refractivity contribution in [3.63, 3.8) is 0 Å². The highest BCUT2D eigenvalue weighted by Gasteiger charge is 2.17. The Hall–Kier alpha value is -4.26. The number of carbonyl (C=O) groups is 1. The first-order valence-electron chi connectivity index (χ1n) is 9.94. The van der Waals surface area contributed by atoms with Gasteiger partial charge < -0.3 is 5.32 Å². The second-order valence-corrected chi connectivity index (χ2v) is 7.27. The molecule has 0 unspecified atom stereocenters. The van der Waals surface area contributed by atoms with Crippen LogP contribution in [0.15, 0.2) is 79.1 Å². The Morgan fingerprint density at radius 1 is 0.871 bits per heavy atom. The van der Waals surface area contributed by atoms with E-state index >= 15 is 0 Å². The fraction of sp³-hybridized carbons (Fsp3) is 0.0833. The molecule has 3 heterocycles. The van der Waals surface area contributed by atoms with Gasteiger partial charge in [0.1, 0.15) is 0 Å². The van der Waals surface area contributed by atoms with Gasteiger partial charge in [0.15, 0.2) is 5.65 Å². The minimum absolute atomic E-state index is 0.228. The highest BCUT2D eigenvalue weighted by Crippen LogP contribution is 2.23. The summed E-state index contributed by atoms with van der Waals surface area (Å²) in [4.78, 5) is 17.5. The zero-order valence-electron chi connectivity index (χ0n) is 17.1. The lowest BCUT2D eigenvalue weighted by atomic mass is 10.2. The summed E-state index contributed by atoms with van der Waals surface area (Å²) in [6, 6.07) is 21.5. The van der Waals surface area contributed by atoms with Crippen molar-refractivity contribution in [2.24, 2.45) is 0 Å². The van der Waals surface area contributed by atoms with Crippen molar-refractivity contribution in [2.45, 2.75) is 13.8 Å². The maximum Gasteiger partial charge on any atom is 0.259 e. The van der Waals surface area contributed by atoms with Gasteiger partial charge in [0.25, 0.3) is 5.91 Å². The molecule has 0 atom stereocenters. The van der Waals surface area contributed by atoms with Crippen molar-refractivity contribution >= 4 is 22.6 Å². The molecule has 0 aliphatic heterocycles. The lowest BCUT2D eigenvalue weighted by Gasteiger charge is -2.07. The van der Waals surface area contributed by atoms with Crippen LogP contribution in [0, 0.1) is 13.8 Å². The van der Waals surface area contributed by atoms with E-state index in [1.807, 2.05) is 85.3 Å². The van der Waals surface area contributed by atoms with E-state index in [4.69, 9.17) is 0 Å². The van der Waals surface area contributed by atoms with E-state index in [1.54, 1.807) is 17.1 Å². The molecule has 0 spiro atoms. The van der Waals surface area contributed by atoms with Crippen LogP contribution in [-0.2, 0) is 0 Å². The number of hydrogen-bond donors (Lipinski definition) is 1. The zero-order valence-corrected chi connectivity index (χ0v) is 17.1. The molecule has 3 aromatic heterocycles. The van der Waals surface area contributed by atoms with Crippen LogP contribution in [0.1, 0.15) is 21.7 Å². The van der Waals surface area contributed by atoms with E-state index in [1.165, 1.54) is 0 Å². The Labute approximate surface area is 179 Å². The number of hydrogen-bond acceptors (Lipinski definition) is 4. The molecule has 31 heavy (non-hydrogen) atoms. The van der Waals surface area contributed by atoms with Crippen LogP contribution in [0.4, 0.5) is 5.69 Å². The first kappa shape index (κ1) is 18.7. The number of amides is 1. The predicted molar refractivity (Wildman–Crippen MR) is 120 cm³/mol. The number of anilines is 1. The van der Waals surface area contributed by atoms with Gasteiger partial charge in [-0.1, -0.05) is 36.4 Å². The number of pyridine rings is 1. The first-order chi connectivity index (χ1) is 15.1. The summed E-state index contributed by atoms with van der Waals surface area (Å²) in [6.45, 7) is 3.81. The number of rotatable bonds is 4. The number of aryl methyl sites for hydroxylation is 1. The topological polar surface area (TPSA) is 77.6 Å². The first-order valence-corrected chi connectivity index (χ1v) is 9.94. The number of aromatic nitrogens is 5. The minimum Gasteiger partial charge on any atom is -0.320 e. The van der Waals surface area contributed by atoms with Gasteiger partial charge in [-0.25, -0.2) is 14.3 Å². The zero-order chi connectivity index (χ0) is 21.4. The third-order valence-electron chi connectivity index (χ3n) is 5.22. The second-order valence-electron chi connectivity index (χ2n) is 7.27. The quantitative estimate of drug-likeness (QED) is 0.476. The van der Waals surface area contributed by atoms with Crippen molar-refractivity contribution < 1.29 is 4.79 Å². The molecule has 7 nitrogen and oxygen atoms in total. The molecule has 1 amide bonds. The van der Waals surface area contributed by atoms with Gasteiger partial charge in [-0.3, -0.25) is 4.79 Å². The SMILES string of the molecule is Cc1nn(-c2ccccc2)c2ncc(NC(=O)c3cnn(-c4ccccc4)c3C)cc12. The number of nitrogens with zero attached hydrogens (tertiary/aromatic N) is 5. The number of nitrogens with one attached hydrogen (secondary N) is 1. The summed E-state index contributed by atoms with van der Waals surface area (Å²) in [5.74, 6) is -0.228. The summed E-state index contributed by atoms with van der Waals surface area (Å²) >= 11 is 0. The maximum atomic E-state index is 12.9. The van der Waals surface area contributed by atoms with Crippen molar-refractivity contribution in [2.75, 3.05) is 5.32 Å². The van der Waals surface area contributed by atoms with Gasteiger partial charge in [0, 0.05) is 5.39 Å². The van der Waals surface area contributed by atoms with E-state index in [-0.39, 0.29) is 5.91 Å². The lowest BCUT2D eigenvalue weighted by Crippen LogP contribution is -2.13. The number of fused-ring (bicyclic) bond motifs is 1. The van der Waals surface area contributed by atoms with Gasteiger partial charge in [0.05, 0.1) is 46.4 Å². The van der Waals surface area contributed by atoms with Crippen LogP contribution in [0.3, 0.4) is 0 Å². The summed E-state index contributed by atoms with van der Waals surface area (Å²) in [5.41, 5.74) is 5.33. The Kier molecular flexibility index (Phi) is 4.55. The summed E-state index contributed by atoms with van der Waals surface area (Å²) in [5, 5.41) is 12.8. The van der Waals surface area contributed by atoms with Crippen LogP contribution in [0.2, 0.25) is 0 Å². The van der Waals surface area contributed by atoms with E-state index < -0.39 is 0 Å². The fourth-order valence-electron chi connectivity index (χ4n) is 3.62. The van der Waals surface area contributed by atoms with E-state index in [9.17, 15) is 4.79 Å². The fourth-order valence-corrected chi connectivity index (χ4v) is 3.62. The average Bonchev–Trinajstić information content (AvgIpc) is 3.35. The standard InChI is InChI=1S/C24H20N6O/c1-16-21-13-18(14-25-23(21)30(28-16)20-11-7-4-8-12-20)27-24(31)22-15-26-29(17(22)2)19-9-5-3-6-10-19/h3-15H,1-2H3,(H,27,31). The molecule has 0 aliphatic rings. The van der Waals surface area contributed by atoms with Crippen LogP contribution in [-0.4, -0.2) is 30.5 Å². The summed E-state index contributed by atoms with van der Waals surface area (Å²) < 4.78 is 3.56. The minimum atomic E-state index is -0.228. The monoisotopic (exact) mass is 408 g/mol. The highest BCUT2D eigenvalue weighted by atomic mass is 16.1. The average molecular weight is 408 g/mol. The molecular weight excluding hydrogens is 388 g/mol. The van der Waals surface area contributed by atoms with E-state index in [2.05, 4.69) is 20.5 Å². The van der Waals surface area contributed by atoms with Crippen molar-refractivity contribution in [1.29, 1.82) is 0 Å². The molecule has 0 saturated heterocycles. The summed E-state index contributed by atoms with van der Waals surface area (Å²) in [6.07, 6.45) is 3.24. The predicted octanol–water partition coefficient (Wildman–Crippen LogP) is 4.48. The maximum absolute atomic E-state index is 12.9. The Bertz CT molecular complexity index is 1390. The van der Waals surface area contributed by atoms with Crippen molar-refractivity contribution in [1.82, 2.24) is 24.5 Å². The molecule has 0 fully saturated rings. The number of carbonyl (C=O) groups excluding carboxylic acids is 1. The van der Waals surface area contributed by atoms with Crippen LogP contribution in [0.25, 0.3) is 22.4 Å². The van der Waals surface area contributed by atoms with Gasteiger partial charge >= 0.3 is 0 Å². The highest BCUT2D eigenvalue weighted by molar-refractivity contribution is 6.05. The molecule has 152 valence electrons. The third kappa shape index (κ3) is 3.36. The Balaban J connectivity index is 1.44. The molecule has 0 bridgehead atoms. The van der Waals surface area contributed by atoms with Crippen LogP contribution >= 0.6 is 0 Å². The van der Waals surface area contributed by atoms with Crippen LogP contribution in [0.5, 0.6) is 0 Å². The van der Waals surface area contributed by atoms with E-state index in [0.717, 1.165) is 33.8 Å². The lowest BCUT2D eigenvalue weighted by molar-refractivity contribution is 0.102. The van der Waals surface area contributed by atoms with Gasteiger partial charge in [-0.05, 0) is 44.2 Å². The normalized spacial score (nSPS) is 11.0. The van der Waals surface area contributed by atoms with Gasteiger partial charge in [0.2, 0.25) is 0 Å². The molecule has 2 aromatic carbocycles. The smallest absolute Gasteiger partial charge is 0.259 e. The number of para-hydroxylation sites is 2. The third-order valence-corrected chi connectivity index (χ3v) is 5.22. The Morgan fingerprint density at radius 3 is 2.19 bits per heavy atom. The molecule has 7 heteroatoms. The molecule has 1 N–H and O–H groups in total. The molecule has 0 radical (unpaired) electrons. The van der Waals surface area contributed by atoms with E-state index in [0.29, 0.717) is 11.3 Å². The molecule has 0 saturated carbocycles. The molecule has 5 rings (SSSR count). The van der Waals surface area contributed by atoms with Gasteiger partial charge in [-0.2, -0.15) is 10.2 Å². The molecule has 5 aromatic rings. The van der Waals surface area contributed by atoms with Crippen molar-refractivity contribution in [3.8, 4) is 11.4 Å². The number of benzene rings is 2. The second kappa shape index (κ2) is 7.53. The van der Waals surface area contributed by atoms with Crippen LogP contribution < -0.4 is 5.32 Å². The Morgan fingerprint density at radius 2 is 1.52 bits per heavy atom. The van der Waals surface area contributed by atoms with Gasteiger partial charge in [-0.15, -0.1) is 0 Å². The molecule has 0 aliphatic carbocycles. The largest absolute Gasteiger partial charge is 0.320 e. The molecular formula is C24H20N6O. The summed E-state index contributed by atoms with van der Waals surface area (Å²) in [7, 11) is 0.